The molecule has 0 radical (unpaired) electrons. The molecule has 0 fully saturated rings. The van der Waals surface area contributed by atoms with Crippen LogP contribution in [0.1, 0.15) is 0 Å². The third-order valence-electron chi connectivity index (χ3n) is 1.60. The van der Waals surface area contributed by atoms with Crippen molar-refractivity contribution < 1.29 is 4.39 Å². The molecular formula is C8H11BrFNSi. The Morgan fingerprint density at radius 2 is 2.00 bits per heavy atom. The van der Waals surface area contributed by atoms with Crippen molar-refractivity contribution in [3.8, 4) is 0 Å². The average Bonchev–Trinajstić information content (AvgIpc) is 1.82. The van der Waals surface area contributed by atoms with E-state index in [1.165, 1.54) is 12.3 Å². The van der Waals surface area contributed by atoms with Crippen LogP contribution < -0.4 is 5.19 Å². The Hall–Kier alpha value is -0.223. The van der Waals surface area contributed by atoms with Gasteiger partial charge in [0.2, 0.25) is 0 Å². The minimum absolute atomic E-state index is 0.143. The van der Waals surface area contributed by atoms with Gasteiger partial charge in [-0.1, -0.05) is 19.6 Å². The minimum atomic E-state index is -1.61. The van der Waals surface area contributed by atoms with Gasteiger partial charge in [0.1, 0.15) is 10.4 Å². The summed E-state index contributed by atoms with van der Waals surface area (Å²) < 4.78 is 14.0. The fraction of sp³-hybridized carbons (Fsp3) is 0.375. The van der Waals surface area contributed by atoms with Crippen molar-refractivity contribution in [2.45, 2.75) is 19.6 Å². The third-order valence-corrected chi connectivity index (χ3v) is 4.55. The highest BCUT2D eigenvalue weighted by Gasteiger charge is 2.23. The van der Waals surface area contributed by atoms with Gasteiger partial charge < -0.3 is 0 Å². The minimum Gasteiger partial charge on any atom is -0.249 e. The van der Waals surface area contributed by atoms with E-state index in [1.807, 2.05) is 0 Å². The third kappa shape index (κ3) is 1.93. The predicted octanol–water partition coefficient (Wildman–Crippen LogP) is 2.53. The summed E-state index contributed by atoms with van der Waals surface area (Å²) in [6.07, 6.45) is 1.48. The van der Waals surface area contributed by atoms with E-state index in [0.29, 0.717) is 4.60 Å². The first-order valence-corrected chi connectivity index (χ1v) is 8.02. The van der Waals surface area contributed by atoms with Gasteiger partial charge in [0.25, 0.3) is 0 Å². The highest BCUT2D eigenvalue weighted by Crippen LogP contribution is 2.12. The lowest BCUT2D eigenvalue weighted by Crippen LogP contribution is -2.41. The SMILES string of the molecule is C[Si](C)(C)c1c(F)ccnc1Br. The molecule has 0 aliphatic heterocycles. The molecule has 0 bridgehead atoms. The van der Waals surface area contributed by atoms with Gasteiger partial charge in [0, 0.05) is 11.4 Å². The van der Waals surface area contributed by atoms with Crippen LogP contribution in [0.15, 0.2) is 16.9 Å². The van der Waals surface area contributed by atoms with Crippen molar-refractivity contribution in [2.24, 2.45) is 0 Å². The van der Waals surface area contributed by atoms with Crippen molar-refractivity contribution in [1.82, 2.24) is 4.98 Å². The molecule has 0 atom stereocenters. The fourth-order valence-electron chi connectivity index (χ4n) is 1.08. The van der Waals surface area contributed by atoms with Crippen LogP contribution in [-0.2, 0) is 0 Å². The smallest absolute Gasteiger partial charge is 0.126 e. The lowest BCUT2D eigenvalue weighted by atomic mass is 10.5. The van der Waals surface area contributed by atoms with Crippen LogP contribution in [0.4, 0.5) is 4.39 Å². The van der Waals surface area contributed by atoms with Gasteiger partial charge in [0.15, 0.2) is 0 Å². The molecule has 1 rings (SSSR count). The number of halogens is 2. The monoisotopic (exact) mass is 247 g/mol. The summed E-state index contributed by atoms with van der Waals surface area (Å²) in [6.45, 7) is 6.29. The van der Waals surface area contributed by atoms with Crippen LogP contribution in [0.25, 0.3) is 0 Å². The number of pyridine rings is 1. The normalized spacial score (nSPS) is 11.8. The maximum absolute atomic E-state index is 13.3. The van der Waals surface area contributed by atoms with E-state index in [-0.39, 0.29) is 5.82 Å². The first-order chi connectivity index (χ1) is 5.43. The van der Waals surface area contributed by atoms with Crippen LogP contribution in [0.5, 0.6) is 0 Å². The Kier molecular flexibility index (Phi) is 2.68. The summed E-state index contributed by atoms with van der Waals surface area (Å²) >= 11 is 3.27. The topological polar surface area (TPSA) is 12.9 Å². The Balaban J connectivity index is 3.31. The van der Waals surface area contributed by atoms with E-state index < -0.39 is 8.07 Å². The number of hydrogen-bond acceptors (Lipinski definition) is 1. The lowest BCUT2D eigenvalue weighted by molar-refractivity contribution is 0.632. The van der Waals surface area contributed by atoms with Crippen molar-refractivity contribution in [3.05, 3.63) is 22.7 Å². The molecule has 0 aromatic carbocycles. The Labute approximate surface area is 81.2 Å². The second-order valence-electron chi connectivity index (χ2n) is 3.71. The molecule has 1 nitrogen and oxygen atoms in total. The summed E-state index contributed by atoms with van der Waals surface area (Å²) in [5.74, 6) is -0.143. The Morgan fingerprint density at radius 1 is 1.42 bits per heavy atom. The molecule has 0 saturated heterocycles. The lowest BCUT2D eigenvalue weighted by Gasteiger charge is -2.17. The average molecular weight is 248 g/mol. The summed E-state index contributed by atoms with van der Waals surface area (Å²) in [5.41, 5.74) is 0. The van der Waals surface area contributed by atoms with E-state index in [9.17, 15) is 4.39 Å². The van der Waals surface area contributed by atoms with Gasteiger partial charge in [-0.05, 0) is 22.0 Å². The van der Waals surface area contributed by atoms with E-state index >= 15 is 0 Å². The molecule has 0 saturated carbocycles. The molecule has 0 spiro atoms. The Bertz CT molecular complexity index is 275. The molecule has 0 amide bonds. The van der Waals surface area contributed by atoms with Crippen molar-refractivity contribution in [1.29, 1.82) is 0 Å². The first-order valence-electron chi connectivity index (χ1n) is 3.73. The van der Waals surface area contributed by atoms with E-state index in [1.54, 1.807) is 0 Å². The molecule has 0 aliphatic rings. The van der Waals surface area contributed by atoms with Crippen molar-refractivity contribution in [2.75, 3.05) is 0 Å². The second-order valence-corrected chi connectivity index (χ2v) is 9.46. The molecule has 0 N–H and O–H groups in total. The molecule has 0 unspecified atom stereocenters. The predicted molar refractivity (Wildman–Crippen MR) is 54.9 cm³/mol. The largest absolute Gasteiger partial charge is 0.249 e. The highest BCUT2D eigenvalue weighted by atomic mass is 79.9. The summed E-state index contributed by atoms with van der Waals surface area (Å²) in [4.78, 5) is 4.02. The van der Waals surface area contributed by atoms with Gasteiger partial charge in [-0.2, -0.15) is 0 Å². The van der Waals surface area contributed by atoms with Gasteiger partial charge in [-0.15, -0.1) is 0 Å². The molecule has 1 aromatic heterocycles. The number of nitrogens with zero attached hydrogens (tertiary/aromatic N) is 1. The van der Waals surface area contributed by atoms with Crippen LogP contribution in [0.2, 0.25) is 19.6 Å². The van der Waals surface area contributed by atoms with Gasteiger partial charge in [-0.3, -0.25) is 0 Å². The van der Waals surface area contributed by atoms with Crippen LogP contribution in [0, 0.1) is 5.82 Å². The van der Waals surface area contributed by atoms with Crippen LogP contribution >= 0.6 is 15.9 Å². The summed E-state index contributed by atoms with van der Waals surface area (Å²) in [6, 6.07) is 1.42. The Morgan fingerprint density at radius 3 is 2.33 bits per heavy atom. The standard InChI is InChI=1S/C8H11BrFNSi/c1-12(2,3)7-6(10)4-5-11-8(7)9/h4-5H,1-3H3. The van der Waals surface area contributed by atoms with E-state index in [2.05, 4.69) is 40.6 Å². The quantitative estimate of drug-likeness (QED) is 0.549. The van der Waals surface area contributed by atoms with Gasteiger partial charge >= 0.3 is 0 Å². The maximum Gasteiger partial charge on any atom is 0.126 e. The molecule has 66 valence electrons. The van der Waals surface area contributed by atoms with Crippen LogP contribution in [0.3, 0.4) is 0 Å². The second kappa shape index (κ2) is 3.26. The first kappa shape index (κ1) is 9.86. The zero-order valence-electron chi connectivity index (χ0n) is 7.36. The van der Waals surface area contributed by atoms with E-state index in [0.717, 1.165) is 5.19 Å². The van der Waals surface area contributed by atoms with Crippen molar-refractivity contribution in [3.63, 3.8) is 0 Å². The van der Waals surface area contributed by atoms with Gasteiger partial charge in [0.05, 0.1) is 8.07 Å². The number of rotatable bonds is 1. The molecule has 1 aromatic rings. The summed E-state index contributed by atoms with van der Waals surface area (Å²) in [5, 5.41) is 0.769. The maximum atomic E-state index is 13.3. The zero-order chi connectivity index (χ0) is 9.35. The molecule has 0 aliphatic carbocycles. The molecule has 12 heavy (non-hydrogen) atoms. The zero-order valence-corrected chi connectivity index (χ0v) is 9.94. The van der Waals surface area contributed by atoms with E-state index in [4.69, 9.17) is 0 Å². The van der Waals surface area contributed by atoms with Crippen LogP contribution in [-0.4, -0.2) is 13.1 Å². The highest BCUT2D eigenvalue weighted by molar-refractivity contribution is 9.10. The fourth-order valence-corrected chi connectivity index (χ4v) is 4.66. The molecule has 4 heteroatoms. The van der Waals surface area contributed by atoms with Crippen molar-refractivity contribution >= 4 is 29.2 Å². The van der Waals surface area contributed by atoms with Gasteiger partial charge in [-0.25, -0.2) is 9.37 Å². The summed E-state index contributed by atoms with van der Waals surface area (Å²) in [7, 11) is -1.61. The number of aromatic nitrogens is 1. The number of hydrogen-bond donors (Lipinski definition) is 0. The molecular weight excluding hydrogens is 237 g/mol. The molecule has 1 heterocycles.